The zero-order chi connectivity index (χ0) is 13.0. The molecule has 0 unspecified atom stereocenters. The molecule has 0 saturated carbocycles. The van der Waals surface area contributed by atoms with Crippen molar-refractivity contribution in [3.63, 3.8) is 0 Å². The van der Waals surface area contributed by atoms with E-state index >= 15 is 0 Å². The van der Waals surface area contributed by atoms with Crippen molar-refractivity contribution < 1.29 is 9.64 Å². The minimum atomic E-state index is 0.826. The summed E-state index contributed by atoms with van der Waals surface area (Å²) in [6.45, 7) is 9.02. The molecule has 0 aromatic heterocycles. The zero-order valence-electron chi connectivity index (χ0n) is 11.3. The molecule has 0 amide bonds. The van der Waals surface area contributed by atoms with Gasteiger partial charge in [0, 0.05) is 4.47 Å². The Morgan fingerprint density at radius 2 is 2.06 bits per heavy atom. The highest BCUT2D eigenvalue weighted by molar-refractivity contribution is 9.10. The lowest BCUT2D eigenvalue weighted by Gasteiger charge is -2.27. The number of piperidine rings is 1. The lowest BCUT2D eigenvalue weighted by Crippen LogP contribution is -3.13. The molecule has 0 radical (unpaired) electrons. The van der Waals surface area contributed by atoms with Crippen LogP contribution in [0.25, 0.3) is 0 Å². The maximum absolute atomic E-state index is 5.88. The Bertz CT molecular complexity index is 386. The van der Waals surface area contributed by atoms with Crippen LogP contribution >= 0.6 is 15.9 Å². The van der Waals surface area contributed by atoms with E-state index in [1.165, 1.54) is 31.5 Å². The molecule has 1 aromatic rings. The van der Waals surface area contributed by atoms with E-state index in [0.717, 1.165) is 29.3 Å². The highest BCUT2D eigenvalue weighted by Crippen LogP contribution is 2.21. The van der Waals surface area contributed by atoms with Crippen molar-refractivity contribution in [3.8, 4) is 5.75 Å². The molecular weight excluding hydrogens is 290 g/mol. The van der Waals surface area contributed by atoms with Crippen LogP contribution in [0.5, 0.6) is 5.75 Å². The summed E-state index contributed by atoms with van der Waals surface area (Å²) in [5.74, 6) is 1.94. The molecule has 0 aliphatic carbocycles. The van der Waals surface area contributed by atoms with Gasteiger partial charge in [-0.2, -0.15) is 0 Å². The zero-order valence-corrected chi connectivity index (χ0v) is 12.9. The number of hydrogen-bond acceptors (Lipinski definition) is 1. The number of nitrogens with one attached hydrogen (secondary N) is 1. The van der Waals surface area contributed by atoms with Gasteiger partial charge < -0.3 is 9.64 Å². The number of aryl methyl sites for hydroxylation is 1. The van der Waals surface area contributed by atoms with Gasteiger partial charge in [0.05, 0.1) is 13.1 Å². The van der Waals surface area contributed by atoms with E-state index in [0.29, 0.717) is 0 Å². The summed E-state index contributed by atoms with van der Waals surface area (Å²) in [5, 5.41) is 0. The van der Waals surface area contributed by atoms with Crippen molar-refractivity contribution in [2.75, 3.05) is 26.2 Å². The highest BCUT2D eigenvalue weighted by Gasteiger charge is 2.18. The molecule has 1 aliphatic heterocycles. The Kier molecular flexibility index (Phi) is 5.07. The maximum atomic E-state index is 5.88. The second kappa shape index (κ2) is 6.58. The predicted octanol–water partition coefficient (Wildman–Crippen LogP) is 2.45. The number of quaternary nitrogens is 1. The maximum Gasteiger partial charge on any atom is 0.137 e. The summed E-state index contributed by atoms with van der Waals surface area (Å²) in [4.78, 5) is 1.70. The van der Waals surface area contributed by atoms with Gasteiger partial charge in [-0.25, -0.2) is 0 Å². The van der Waals surface area contributed by atoms with Crippen LogP contribution in [-0.4, -0.2) is 26.2 Å². The normalized spacial score (nSPS) is 23.9. The number of ether oxygens (including phenoxy) is 1. The van der Waals surface area contributed by atoms with Crippen LogP contribution in [0.1, 0.15) is 25.3 Å². The first kappa shape index (κ1) is 13.9. The van der Waals surface area contributed by atoms with Crippen molar-refractivity contribution >= 4 is 15.9 Å². The molecule has 0 spiro atoms. The molecule has 1 aliphatic rings. The Hall–Kier alpha value is -0.540. The van der Waals surface area contributed by atoms with Crippen LogP contribution in [0.15, 0.2) is 22.7 Å². The SMILES string of the molecule is Cc1cc(Br)ccc1OCC[NH+]1CCC(C)CC1. The van der Waals surface area contributed by atoms with Crippen molar-refractivity contribution in [1.29, 1.82) is 0 Å². The van der Waals surface area contributed by atoms with Crippen LogP contribution in [0.4, 0.5) is 0 Å². The lowest BCUT2D eigenvalue weighted by molar-refractivity contribution is -0.906. The molecule has 100 valence electrons. The third-order valence-corrected chi connectivity index (χ3v) is 4.32. The fourth-order valence-electron chi connectivity index (χ4n) is 2.50. The summed E-state index contributed by atoms with van der Waals surface area (Å²) in [7, 11) is 0. The van der Waals surface area contributed by atoms with E-state index in [9.17, 15) is 0 Å². The average Bonchev–Trinajstić information content (AvgIpc) is 2.34. The third kappa shape index (κ3) is 3.99. The van der Waals surface area contributed by atoms with E-state index in [-0.39, 0.29) is 0 Å². The van der Waals surface area contributed by atoms with Gasteiger partial charge in [-0.05, 0) is 49.4 Å². The fourth-order valence-corrected chi connectivity index (χ4v) is 2.98. The third-order valence-electron chi connectivity index (χ3n) is 3.83. The van der Waals surface area contributed by atoms with Crippen molar-refractivity contribution in [2.24, 2.45) is 5.92 Å². The van der Waals surface area contributed by atoms with Crippen molar-refractivity contribution in [3.05, 3.63) is 28.2 Å². The van der Waals surface area contributed by atoms with Gasteiger partial charge >= 0.3 is 0 Å². The van der Waals surface area contributed by atoms with E-state index in [1.807, 2.05) is 12.1 Å². The average molecular weight is 313 g/mol. The number of halogens is 1. The number of benzene rings is 1. The first-order valence-electron chi connectivity index (χ1n) is 6.87. The molecule has 1 N–H and O–H groups in total. The smallest absolute Gasteiger partial charge is 0.137 e. The molecule has 3 heteroatoms. The fraction of sp³-hybridized carbons (Fsp3) is 0.600. The second-order valence-electron chi connectivity index (χ2n) is 5.44. The monoisotopic (exact) mass is 312 g/mol. The Morgan fingerprint density at radius 3 is 2.72 bits per heavy atom. The van der Waals surface area contributed by atoms with Gasteiger partial charge in [-0.15, -0.1) is 0 Å². The summed E-state index contributed by atoms with van der Waals surface area (Å²) >= 11 is 3.47. The molecule has 2 nitrogen and oxygen atoms in total. The molecule has 18 heavy (non-hydrogen) atoms. The molecule has 1 fully saturated rings. The standard InChI is InChI=1S/C15H22BrNO/c1-12-5-7-17(8-6-12)9-10-18-15-4-3-14(16)11-13(15)2/h3-4,11-12H,5-10H2,1-2H3/p+1. The summed E-state index contributed by atoms with van der Waals surface area (Å²) in [6.07, 6.45) is 2.74. The van der Waals surface area contributed by atoms with Crippen LogP contribution in [0.2, 0.25) is 0 Å². The van der Waals surface area contributed by atoms with Gasteiger partial charge in [-0.3, -0.25) is 0 Å². The van der Waals surface area contributed by atoms with Gasteiger partial charge in [0.15, 0.2) is 0 Å². The minimum Gasteiger partial charge on any atom is -0.487 e. The van der Waals surface area contributed by atoms with Crippen molar-refractivity contribution in [1.82, 2.24) is 0 Å². The van der Waals surface area contributed by atoms with Crippen molar-refractivity contribution in [2.45, 2.75) is 26.7 Å². The van der Waals surface area contributed by atoms with Gasteiger partial charge in [0.2, 0.25) is 0 Å². The first-order chi connectivity index (χ1) is 8.65. The molecular formula is C15H23BrNO+. The van der Waals surface area contributed by atoms with Crippen LogP contribution in [0.3, 0.4) is 0 Å². The van der Waals surface area contributed by atoms with Crippen LogP contribution < -0.4 is 9.64 Å². The molecule has 0 atom stereocenters. The Balaban J connectivity index is 1.75. The highest BCUT2D eigenvalue weighted by atomic mass is 79.9. The lowest BCUT2D eigenvalue weighted by atomic mass is 9.99. The van der Waals surface area contributed by atoms with Gasteiger partial charge in [0.1, 0.15) is 18.9 Å². The van der Waals surface area contributed by atoms with Crippen LogP contribution in [0, 0.1) is 12.8 Å². The molecule has 1 heterocycles. The summed E-state index contributed by atoms with van der Waals surface area (Å²) in [6, 6.07) is 6.19. The quantitative estimate of drug-likeness (QED) is 0.901. The largest absolute Gasteiger partial charge is 0.487 e. The minimum absolute atomic E-state index is 0.826. The molecule has 0 bridgehead atoms. The molecule has 2 rings (SSSR count). The summed E-state index contributed by atoms with van der Waals surface area (Å²) in [5.41, 5.74) is 1.20. The van der Waals surface area contributed by atoms with E-state index in [2.05, 4.69) is 35.8 Å². The predicted molar refractivity (Wildman–Crippen MR) is 78.3 cm³/mol. The Labute approximate surface area is 118 Å². The van der Waals surface area contributed by atoms with E-state index in [4.69, 9.17) is 4.74 Å². The van der Waals surface area contributed by atoms with E-state index in [1.54, 1.807) is 4.90 Å². The number of likely N-dealkylation sites (tertiary alicyclic amines) is 1. The van der Waals surface area contributed by atoms with Gasteiger partial charge in [0.25, 0.3) is 0 Å². The van der Waals surface area contributed by atoms with Gasteiger partial charge in [-0.1, -0.05) is 22.9 Å². The topological polar surface area (TPSA) is 13.7 Å². The Morgan fingerprint density at radius 1 is 1.33 bits per heavy atom. The second-order valence-corrected chi connectivity index (χ2v) is 6.36. The molecule has 1 saturated heterocycles. The van der Waals surface area contributed by atoms with E-state index < -0.39 is 0 Å². The molecule has 1 aromatic carbocycles. The van der Waals surface area contributed by atoms with Crippen LogP contribution in [-0.2, 0) is 0 Å². The summed E-state index contributed by atoms with van der Waals surface area (Å²) < 4.78 is 6.99. The number of hydrogen-bond donors (Lipinski definition) is 1. The number of rotatable bonds is 4. The first-order valence-corrected chi connectivity index (χ1v) is 7.67.